The van der Waals surface area contributed by atoms with Crippen LogP contribution in [-0.2, 0) is 16.3 Å². The highest BCUT2D eigenvalue weighted by atomic mass is 19.4. The fourth-order valence-corrected chi connectivity index (χ4v) is 2.36. The van der Waals surface area contributed by atoms with E-state index >= 15 is 0 Å². The van der Waals surface area contributed by atoms with E-state index in [1.807, 2.05) is 13.8 Å². The Morgan fingerprint density at radius 2 is 1.93 bits per heavy atom. The maximum Gasteiger partial charge on any atom is 0.433 e. The number of hydrogen-bond acceptors (Lipinski definition) is 4. The fourth-order valence-electron chi connectivity index (χ4n) is 2.36. The Bertz CT molecular complexity index is 807. The second-order valence-corrected chi connectivity index (χ2v) is 7.60. The minimum absolute atomic E-state index is 0.0111. The van der Waals surface area contributed by atoms with E-state index in [0.717, 1.165) is 6.07 Å². The van der Waals surface area contributed by atoms with Crippen LogP contribution in [0.25, 0.3) is 5.65 Å². The molecule has 6 nitrogen and oxygen atoms in total. The van der Waals surface area contributed by atoms with Crippen molar-refractivity contribution in [3.8, 4) is 0 Å². The highest BCUT2D eigenvalue weighted by molar-refractivity contribution is 5.93. The van der Waals surface area contributed by atoms with Gasteiger partial charge in [0.05, 0.1) is 11.8 Å². The van der Waals surface area contributed by atoms with Gasteiger partial charge >= 0.3 is 6.18 Å². The number of nitrogens with zero attached hydrogens (tertiary/aromatic N) is 3. The number of halogens is 3. The molecule has 150 valence electrons. The monoisotopic (exact) mass is 386 g/mol. The molecule has 2 aromatic rings. The Morgan fingerprint density at radius 3 is 2.48 bits per heavy atom. The zero-order valence-electron chi connectivity index (χ0n) is 16.1. The number of hydrogen-bond donors (Lipinski definition) is 1. The molecule has 0 aliphatic heterocycles. The summed E-state index contributed by atoms with van der Waals surface area (Å²) in [6.07, 6.45) is -3.92. The third kappa shape index (κ3) is 5.41. The zero-order valence-corrected chi connectivity index (χ0v) is 16.1. The molecule has 0 atom stereocenters. The van der Waals surface area contributed by atoms with E-state index in [2.05, 4.69) is 15.4 Å². The molecular weight excluding hydrogens is 361 g/mol. The van der Waals surface area contributed by atoms with Crippen LogP contribution in [0.5, 0.6) is 0 Å². The van der Waals surface area contributed by atoms with Gasteiger partial charge in [0.1, 0.15) is 5.69 Å². The van der Waals surface area contributed by atoms with Crippen LogP contribution in [0, 0.1) is 0 Å². The maximum atomic E-state index is 13.4. The number of carbonyl (C=O) groups is 1. The van der Waals surface area contributed by atoms with E-state index in [9.17, 15) is 18.0 Å². The van der Waals surface area contributed by atoms with Crippen LogP contribution in [0.15, 0.2) is 12.1 Å². The Morgan fingerprint density at radius 1 is 1.26 bits per heavy atom. The number of carbonyl (C=O) groups excluding carboxylic acids is 1. The summed E-state index contributed by atoms with van der Waals surface area (Å²) >= 11 is 0. The van der Waals surface area contributed by atoms with E-state index in [1.54, 1.807) is 20.8 Å². The van der Waals surface area contributed by atoms with Crippen molar-refractivity contribution in [3.05, 3.63) is 29.2 Å². The first-order chi connectivity index (χ1) is 12.4. The summed E-state index contributed by atoms with van der Waals surface area (Å²) in [4.78, 5) is 16.5. The molecule has 0 unspecified atom stereocenters. The van der Waals surface area contributed by atoms with E-state index < -0.39 is 23.2 Å². The third-order valence-corrected chi connectivity index (χ3v) is 3.78. The lowest BCUT2D eigenvalue weighted by Gasteiger charge is -2.19. The molecule has 0 radical (unpaired) electrons. The number of rotatable bonds is 6. The average molecular weight is 386 g/mol. The van der Waals surface area contributed by atoms with Crippen LogP contribution in [0.3, 0.4) is 0 Å². The Hall–Kier alpha value is -2.16. The largest absolute Gasteiger partial charge is 0.433 e. The number of aromatic nitrogens is 3. The van der Waals surface area contributed by atoms with Gasteiger partial charge < -0.3 is 10.1 Å². The topological polar surface area (TPSA) is 68.5 Å². The van der Waals surface area contributed by atoms with Crippen LogP contribution >= 0.6 is 0 Å². The summed E-state index contributed by atoms with van der Waals surface area (Å²) in [7, 11) is 0. The van der Waals surface area contributed by atoms with Crippen molar-refractivity contribution in [2.45, 2.75) is 58.7 Å². The molecule has 0 saturated carbocycles. The quantitative estimate of drug-likeness (QED) is 0.771. The molecule has 0 saturated heterocycles. The third-order valence-electron chi connectivity index (χ3n) is 3.78. The SMILES string of the molecule is CC(C)OCCCNC(=O)c1cc2nc(C(C)(C)C)cc(C(F)(F)F)n2n1. The smallest absolute Gasteiger partial charge is 0.379 e. The predicted octanol–water partition coefficient (Wildman–Crippen LogP) is 3.59. The summed E-state index contributed by atoms with van der Waals surface area (Å²) in [6.45, 7) is 9.96. The average Bonchev–Trinajstić information content (AvgIpc) is 2.95. The van der Waals surface area contributed by atoms with E-state index in [1.165, 1.54) is 6.07 Å². The van der Waals surface area contributed by atoms with Crippen LogP contribution in [-0.4, -0.2) is 39.8 Å². The van der Waals surface area contributed by atoms with Crippen LogP contribution in [0.2, 0.25) is 0 Å². The fraction of sp³-hybridized carbons (Fsp3) is 0.611. The molecule has 0 aliphatic rings. The molecule has 1 N–H and O–H groups in total. The van der Waals surface area contributed by atoms with Gasteiger partial charge in [-0.25, -0.2) is 9.50 Å². The molecule has 2 rings (SSSR count). The van der Waals surface area contributed by atoms with Crippen molar-refractivity contribution >= 4 is 11.6 Å². The number of amides is 1. The lowest BCUT2D eigenvalue weighted by Crippen LogP contribution is -2.26. The first-order valence-electron chi connectivity index (χ1n) is 8.78. The molecule has 9 heteroatoms. The van der Waals surface area contributed by atoms with Crippen molar-refractivity contribution in [2.24, 2.45) is 0 Å². The molecule has 2 aromatic heterocycles. The van der Waals surface area contributed by atoms with E-state index in [4.69, 9.17) is 4.74 Å². The standard InChI is InChI=1S/C18H25F3N4O2/c1-11(2)27-8-6-7-22-16(26)12-9-15-23-13(17(3,4)5)10-14(18(19,20)21)25(15)24-12/h9-11H,6-8H2,1-5H3,(H,22,26). The molecule has 2 heterocycles. The number of nitrogens with one attached hydrogen (secondary N) is 1. The Balaban J connectivity index is 2.26. The Labute approximate surface area is 156 Å². The van der Waals surface area contributed by atoms with Gasteiger partial charge in [0.2, 0.25) is 0 Å². The highest BCUT2D eigenvalue weighted by Crippen LogP contribution is 2.32. The zero-order chi connectivity index (χ0) is 20.4. The van der Waals surface area contributed by atoms with Gasteiger partial charge in [-0.3, -0.25) is 4.79 Å². The molecule has 27 heavy (non-hydrogen) atoms. The summed E-state index contributed by atoms with van der Waals surface area (Å²) in [5.41, 5.74) is -1.38. The summed E-state index contributed by atoms with van der Waals surface area (Å²) < 4.78 is 46.4. The van der Waals surface area contributed by atoms with Crippen molar-refractivity contribution in [1.82, 2.24) is 19.9 Å². The van der Waals surface area contributed by atoms with Gasteiger partial charge in [0.25, 0.3) is 5.91 Å². The van der Waals surface area contributed by atoms with E-state index in [-0.39, 0.29) is 23.1 Å². The van der Waals surface area contributed by atoms with Gasteiger partial charge in [0.15, 0.2) is 11.3 Å². The summed E-state index contributed by atoms with van der Waals surface area (Å²) in [6, 6.07) is 2.25. The van der Waals surface area contributed by atoms with E-state index in [0.29, 0.717) is 24.1 Å². The van der Waals surface area contributed by atoms with Gasteiger partial charge in [-0.05, 0) is 26.3 Å². The van der Waals surface area contributed by atoms with Crippen LogP contribution in [0.1, 0.15) is 62.9 Å². The van der Waals surface area contributed by atoms with Crippen molar-refractivity contribution in [3.63, 3.8) is 0 Å². The van der Waals surface area contributed by atoms with Crippen LogP contribution in [0.4, 0.5) is 13.2 Å². The maximum absolute atomic E-state index is 13.4. The minimum Gasteiger partial charge on any atom is -0.379 e. The lowest BCUT2D eigenvalue weighted by atomic mass is 9.91. The van der Waals surface area contributed by atoms with Gasteiger partial charge in [-0.1, -0.05) is 20.8 Å². The van der Waals surface area contributed by atoms with Crippen molar-refractivity contribution < 1.29 is 22.7 Å². The summed E-state index contributed by atoms with van der Waals surface area (Å²) in [5.74, 6) is -0.546. The molecule has 1 amide bonds. The Kier molecular flexibility index (Phi) is 6.14. The van der Waals surface area contributed by atoms with Crippen LogP contribution < -0.4 is 5.32 Å². The first-order valence-corrected chi connectivity index (χ1v) is 8.78. The number of fused-ring (bicyclic) bond motifs is 1. The number of ether oxygens (including phenoxy) is 1. The van der Waals surface area contributed by atoms with Gasteiger partial charge in [-0.2, -0.15) is 18.3 Å². The van der Waals surface area contributed by atoms with Crippen molar-refractivity contribution in [1.29, 1.82) is 0 Å². The molecule has 0 fully saturated rings. The molecule has 0 aliphatic carbocycles. The first kappa shape index (κ1) is 21.1. The molecule has 0 bridgehead atoms. The second kappa shape index (κ2) is 7.84. The molecule has 0 aromatic carbocycles. The van der Waals surface area contributed by atoms with Crippen molar-refractivity contribution in [2.75, 3.05) is 13.2 Å². The highest BCUT2D eigenvalue weighted by Gasteiger charge is 2.36. The molecule has 0 spiro atoms. The second-order valence-electron chi connectivity index (χ2n) is 7.60. The number of alkyl halides is 3. The predicted molar refractivity (Wildman–Crippen MR) is 94.7 cm³/mol. The van der Waals surface area contributed by atoms with Gasteiger partial charge in [0, 0.05) is 24.6 Å². The normalized spacial score (nSPS) is 12.8. The lowest BCUT2D eigenvalue weighted by molar-refractivity contribution is -0.142. The van der Waals surface area contributed by atoms with Gasteiger partial charge in [-0.15, -0.1) is 0 Å². The minimum atomic E-state index is -4.62. The summed E-state index contributed by atoms with van der Waals surface area (Å²) in [5, 5.41) is 6.45. The molecular formula is C18H25F3N4O2.